The third kappa shape index (κ3) is 4.71. The number of ether oxygens (including phenoxy) is 2. The molecule has 1 atom stereocenters. The van der Waals surface area contributed by atoms with Crippen molar-refractivity contribution >= 4 is 11.9 Å². The van der Waals surface area contributed by atoms with Gasteiger partial charge in [-0.25, -0.2) is 13.6 Å². The molecule has 0 radical (unpaired) electrons. The molecule has 2 heterocycles. The molecule has 1 fully saturated rings. The number of carbonyl (C=O) groups excluding carboxylic acids is 2. The Hall–Kier alpha value is -3.00. The molecule has 4 rings (SSSR count). The molecular weight excluding hydrogens is 430 g/mol. The summed E-state index contributed by atoms with van der Waals surface area (Å²) in [4.78, 5) is 28.1. The Morgan fingerprint density at radius 2 is 1.91 bits per heavy atom. The second-order valence-corrected chi connectivity index (χ2v) is 8.62. The van der Waals surface area contributed by atoms with Crippen LogP contribution in [0.15, 0.2) is 24.3 Å². The van der Waals surface area contributed by atoms with Crippen LogP contribution in [0.4, 0.5) is 8.78 Å². The number of cyclic esters (lactones) is 1. The summed E-state index contributed by atoms with van der Waals surface area (Å²) in [6.45, 7) is 5.97. The first-order chi connectivity index (χ1) is 15.8. The van der Waals surface area contributed by atoms with Crippen LogP contribution in [0.1, 0.15) is 44.3 Å². The number of hydrogen-bond acceptors (Lipinski definition) is 5. The first-order valence-corrected chi connectivity index (χ1v) is 11.0. The van der Waals surface area contributed by atoms with E-state index >= 15 is 4.39 Å². The van der Waals surface area contributed by atoms with Crippen LogP contribution in [0, 0.1) is 19.7 Å². The summed E-state index contributed by atoms with van der Waals surface area (Å²) in [6.07, 6.45) is -1.24. The van der Waals surface area contributed by atoms with E-state index in [-0.39, 0.29) is 31.4 Å². The summed E-state index contributed by atoms with van der Waals surface area (Å²) in [6, 6.07) is 6.25. The van der Waals surface area contributed by atoms with E-state index in [1.807, 2.05) is 11.8 Å². The number of piperazine rings is 1. The van der Waals surface area contributed by atoms with Gasteiger partial charge in [0.15, 0.2) is 0 Å². The number of methoxy groups -OCH3 is 1. The monoisotopic (exact) mass is 458 g/mol. The van der Waals surface area contributed by atoms with Gasteiger partial charge in [-0.15, -0.1) is 0 Å². The second kappa shape index (κ2) is 9.47. The minimum Gasteiger partial charge on any atom is -0.496 e. The number of halogens is 2. The van der Waals surface area contributed by atoms with Crippen LogP contribution >= 0.6 is 0 Å². The molecule has 6 nitrogen and oxygen atoms in total. The summed E-state index contributed by atoms with van der Waals surface area (Å²) in [5, 5.41) is 0. The van der Waals surface area contributed by atoms with Crippen molar-refractivity contribution in [1.82, 2.24) is 9.80 Å². The Morgan fingerprint density at radius 3 is 2.61 bits per heavy atom. The van der Waals surface area contributed by atoms with Crippen LogP contribution in [-0.2, 0) is 22.6 Å². The van der Waals surface area contributed by atoms with Crippen LogP contribution in [0.5, 0.6) is 5.75 Å². The van der Waals surface area contributed by atoms with Crippen molar-refractivity contribution in [2.75, 3.05) is 39.8 Å². The van der Waals surface area contributed by atoms with Crippen molar-refractivity contribution in [1.29, 1.82) is 0 Å². The molecule has 0 aliphatic carbocycles. The molecule has 2 aliphatic heterocycles. The molecule has 0 bridgehead atoms. The molecule has 2 aliphatic rings. The van der Waals surface area contributed by atoms with Gasteiger partial charge in [0.2, 0.25) is 5.91 Å². The fourth-order valence-corrected chi connectivity index (χ4v) is 4.54. The molecular formula is C25H28F2N2O4. The number of rotatable bonds is 6. The molecule has 2 aromatic carbocycles. The molecule has 0 N–H and O–H groups in total. The highest BCUT2D eigenvalue weighted by Crippen LogP contribution is 2.31. The lowest BCUT2D eigenvalue weighted by Gasteiger charge is -2.35. The fraction of sp³-hybridized carbons (Fsp3) is 0.440. The van der Waals surface area contributed by atoms with Gasteiger partial charge in [0.1, 0.15) is 24.3 Å². The van der Waals surface area contributed by atoms with E-state index in [2.05, 4.69) is 0 Å². The smallest absolute Gasteiger partial charge is 0.338 e. The molecule has 176 valence electrons. The third-order valence-corrected chi connectivity index (χ3v) is 6.59. The third-order valence-electron chi connectivity index (χ3n) is 6.59. The average molecular weight is 459 g/mol. The van der Waals surface area contributed by atoms with Gasteiger partial charge in [0.05, 0.1) is 19.1 Å². The number of amides is 1. The Morgan fingerprint density at radius 1 is 1.18 bits per heavy atom. The number of benzene rings is 2. The molecule has 1 amide bonds. The van der Waals surface area contributed by atoms with E-state index in [0.29, 0.717) is 54.2 Å². The molecule has 2 aromatic rings. The Bertz CT molecular complexity index is 1080. The lowest BCUT2D eigenvalue weighted by atomic mass is 9.95. The number of aryl methyl sites for hydroxylation is 1. The van der Waals surface area contributed by atoms with Gasteiger partial charge >= 0.3 is 5.97 Å². The van der Waals surface area contributed by atoms with Crippen molar-refractivity contribution in [3.63, 3.8) is 0 Å². The van der Waals surface area contributed by atoms with Crippen molar-refractivity contribution in [2.24, 2.45) is 0 Å². The highest BCUT2D eigenvalue weighted by Gasteiger charge is 2.28. The van der Waals surface area contributed by atoms with Gasteiger partial charge in [-0.2, -0.15) is 0 Å². The summed E-state index contributed by atoms with van der Waals surface area (Å²) < 4.78 is 39.7. The lowest BCUT2D eigenvalue weighted by Crippen LogP contribution is -2.49. The molecule has 33 heavy (non-hydrogen) atoms. The van der Waals surface area contributed by atoms with Gasteiger partial charge in [0, 0.05) is 43.9 Å². The van der Waals surface area contributed by atoms with Crippen molar-refractivity contribution in [3.8, 4) is 5.75 Å². The van der Waals surface area contributed by atoms with Gasteiger partial charge in [-0.3, -0.25) is 9.69 Å². The molecule has 0 saturated carbocycles. The maximum absolute atomic E-state index is 15.1. The van der Waals surface area contributed by atoms with Crippen LogP contribution in [0.2, 0.25) is 0 Å². The molecule has 0 spiro atoms. The molecule has 1 unspecified atom stereocenters. The number of carbonyl (C=O) groups is 2. The largest absolute Gasteiger partial charge is 0.496 e. The zero-order valence-corrected chi connectivity index (χ0v) is 19.1. The number of hydrogen-bond donors (Lipinski definition) is 0. The minimum absolute atomic E-state index is 0.0384. The predicted octanol–water partition coefficient (Wildman–Crippen LogP) is 3.52. The van der Waals surface area contributed by atoms with Crippen LogP contribution in [-0.4, -0.2) is 61.5 Å². The zero-order valence-electron chi connectivity index (χ0n) is 19.1. The summed E-state index contributed by atoms with van der Waals surface area (Å²) in [5.74, 6) is -0.386. The van der Waals surface area contributed by atoms with Gasteiger partial charge in [0.25, 0.3) is 0 Å². The molecule has 1 saturated heterocycles. The SMILES string of the molecule is COc1cc(CC(=O)N2CCN(CC(F)c3ccc4c(c3C)COC4=O)CC2)c(F)cc1C. The van der Waals surface area contributed by atoms with E-state index < -0.39 is 12.0 Å². The normalized spacial score (nSPS) is 17.0. The van der Waals surface area contributed by atoms with E-state index in [9.17, 15) is 14.0 Å². The molecule has 8 heteroatoms. The van der Waals surface area contributed by atoms with Crippen molar-refractivity contribution < 1.29 is 27.8 Å². The van der Waals surface area contributed by atoms with Crippen molar-refractivity contribution in [2.45, 2.75) is 33.0 Å². The van der Waals surface area contributed by atoms with Crippen molar-refractivity contribution in [3.05, 3.63) is 63.5 Å². The number of nitrogens with zero attached hydrogens (tertiary/aromatic N) is 2. The maximum atomic E-state index is 15.1. The first kappa shape index (κ1) is 23.2. The fourth-order valence-electron chi connectivity index (χ4n) is 4.54. The summed E-state index contributed by atoms with van der Waals surface area (Å²) >= 11 is 0. The van der Waals surface area contributed by atoms with Gasteiger partial charge < -0.3 is 14.4 Å². The Labute approximate surface area is 192 Å². The van der Waals surface area contributed by atoms with E-state index in [1.165, 1.54) is 13.2 Å². The summed E-state index contributed by atoms with van der Waals surface area (Å²) in [7, 11) is 1.51. The standard InChI is InChI=1S/C25H28F2N2O4/c1-15-10-21(26)17(11-23(15)32-3)12-24(30)29-8-6-28(7-9-29)13-22(27)18-4-5-19-20(16(18)2)14-33-25(19)31/h4-5,10-11,22H,6-9,12-14H2,1-3H3. The Kier molecular flexibility index (Phi) is 6.65. The second-order valence-electron chi connectivity index (χ2n) is 8.62. The first-order valence-electron chi connectivity index (χ1n) is 11.0. The quantitative estimate of drug-likeness (QED) is 0.620. The number of fused-ring (bicyclic) bond motifs is 1. The van der Waals surface area contributed by atoms with E-state index in [4.69, 9.17) is 9.47 Å². The highest BCUT2D eigenvalue weighted by molar-refractivity contribution is 5.94. The average Bonchev–Trinajstić information content (AvgIpc) is 3.17. The van der Waals surface area contributed by atoms with Crippen LogP contribution in [0.25, 0.3) is 0 Å². The van der Waals surface area contributed by atoms with Gasteiger partial charge in [-0.05, 0) is 48.7 Å². The van der Waals surface area contributed by atoms with E-state index in [0.717, 1.165) is 11.1 Å². The minimum atomic E-state index is -1.21. The van der Waals surface area contributed by atoms with Crippen LogP contribution in [0.3, 0.4) is 0 Å². The highest BCUT2D eigenvalue weighted by atomic mass is 19.1. The number of alkyl halides is 1. The topological polar surface area (TPSA) is 59.1 Å². The maximum Gasteiger partial charge on any atom is 0.338 e. The van der Waals surface area contributed by atoms with E-state index in [1.54, 1.807) is 30.0 Å². The number of esters is 1. The zero-order chi connectivity index (χ0) is 23.7. The van der Waals surface area contributed by atoms with Gasteiger partial charge in [-0.1, -0.05) is 6.07 Å². The lowest BCUT2D eigenvalue weighted by molar-refractivity contribution is -0.132. The molecule has 0 aromatic heterocycles. The predicted molar refractivity (Wildman–Crippen MR) is 119 cm³/mol. The van der Waals surface area contributed by atoms with Crippen LogP contribution < -0.4 is 4.74 Å². The Balaban J connectivity index is 1.33. The summed E-state index contributed by atoms with van der Waals surface area (Å²) in [5.41, 5.74) is 3.58.